The lowest BCUT2D eigenvalue weighted by Gasteiger charge is -2.12. The van der Waals surface area contributed by atoms with Gasteiger partial charge >= 0.3 is 0 Å². The van der Waals surface area contributed by atoms with Crippen LogP contribution in [0, 0.1) is 5.92 Å². The first-order chi connectivity index (χ1) is 11.1. The molecule has 1 aliphatic rings. The number of aliphatic imine (C=N–C) groups is 1. The van der Waals surface area contributed by atoms with Gasteiger partial charge in [0, 0.05) is 19.6 Å². The number of sulfone groups is 1. The zero-order valence-corrected chi connectivity index (χ0v) is 14.6. The Balaban J connectivity index is 1.73. The van der Waals surface area contributed by atoms with E-state index in [-0.39, 0.29) is 11.7 Å². The largest absolute Gasteiger partial charge is 0.357 e. The van der Waals surface area contributed by atoms with Crippen molar-refractivity contribution in [1.29, 1.82) is 0 Å². The van der Waals surface area contributed by atoms with Crippen LogP contribution < -0.4 is 10.6 Å². The quantitative estimate of drug-likeness (QED) is 0.450. The summed E-state index contributed by atoms with van der Waals surface area (Å²) < 4.78 is 23.0. The predicted octanol–water partition coefficient (Wildman–Crippen LogP) is 1.61. The molecular formula is C17H27N3O2S. The van der Waals surface area contributed by atoms with Gasteiger partial charge in [0.25, 0.3) is 0 Å². The van der Waals surface area contributed by atoms with E-state index in [1.54, 1.807) is 0 Å². The van der Waals surface area contributed by atoms with Gasteiger partial charge in [-0.15, -0.1) is 0 Å². The summed E-state index contributed by atoms with van der Waals surface area (Å²) in [5.74, 6) is 1.54. The summed E-state index contributed by atoms with van der Waals surface area (Å²) in [7, 11) is -2.82. The van der Waals surface area contributed by atoms with Crippen LogP contribution in [0.25, 0.3) is 0 Å². The summed E-state index contributed by atoms with van der Waals surface area (Å²) in [6.07, 6.45) is 2.81. The predicted molar refractivity (Wildman–Crippen MR) is 95.5 cm³/mol. The van der Waals surface area contributed by atoms with Crippen molar-refractivity contribution in [3.05, 3.63) is 35.9 Å². The van der Waals surface area contributed by atoms with Gasteiger partial charge < -0.3 is 10.6 Å². The highest BCUT2D eigenvalue weighted by atomic mass is 32.2. The Bertz CT molecular complexity index is 600. The molecule has 2 N–H and O–H groups in total. The summed E-state index contributed by atoms with van der Waals surface area (Å²) in [5, 5.41) is 6.54. The average molecular weight is 337 g/mol. The molecule has 128 valence electrons. The minimum absolute atomic E-state index is 0.166. The molecule has 1 fully saturated rings. The van der Waals surface area contributed by atoms with E-state index in [1.165, 1.54) is 5.56 Å². The SMILES string of the molecule is CCNC(=NCC1CCS(=O)(=O)C1)NCCCc1ccccc1. The van der Waals surface area contributed by atoms with Crippen LogP contribution in [-0.2, 0) is 16.3 Å². The third kappa shape index (κ3) is 6.60. The Hall–Kier alpha value is -1.56. The first-order valence-electron chi connectivity index (χ1n) is 8.35. The highest BCUT2D eigenvalue weighted by molar-refractivity contribution is 7.91. The van der Waals surface area contributed by atoms with Gasteiger partial charge in [-0.3, -0.25) is 4.99 Å². The van der Waals surface area contributed by atoms with E-state index in [9.17, 15) is 8.42 Å². The van der Waals surface area contributed by atoms with Crippen molar-refractivity contribution in [2.75, 3.05) is 31.1 Å². The van der Waals surface area contributed by atoms with Gasteiger partial charge in [-0.2, -0.15) is 0 Å². The molecule has 1 aromatic carbocycles. The van der Waals surface area contributed by atoms with Gasteiger partial charge in [0.05, 0.1) is 11.5 Å². The second-order valence-corrected chi connectivity index (χ2v) is 8.23. The fraction of sp³-hybridized carbons (Fsp3) is 0.588. The third-order valence-electron chi connectivity index (χ3n) is 3.96. The molecule has 5 nitrogen and oxygen atoms in total. The lowest BCUT2D eigenvalue weighted by Crippen LogP contribution is -2.38. The maximum absolute atomic E-state index is 11.5. The lowest BCUT2D eigenvalue weighted by atomic mass is 10.1. The number of hydrogen-bond donors (Lipinski definition) is 2. The normalized spacial score (nSPS) is 20.4. The van der Waals surface area contributed by atoms with Gasteiger partial charge in [-0.25, -0.2) is 8.42 Å². The van der Waals surface area contributed by atoms with Crippen molar-refractivity contribution in [3.8, 4) is 0 Å². The molecule has 0 amide bonds. The zero-order chi connectivity index (χ0) is 16.5. The fourth-order valence-electron chi connectivity index (χ4n) is 2.72. The Labute approximate surface area is 139 Å². The molecule has 6 heteroatoms. The van der Waals surface area contributed by atoms with Crippen molar-refractivity contribution in [3.63, 3.8) is 0 Å². The van der Waals surface area contributed by atoms with E-state index >= 15 is 0 Å². The molecule has 1 saturated heterocycles. The summed E-state index contributed by atoms with van der Waals surface area (Å²) >= 11 is 0. The van der Waals surface area contributed by atoms with Gasteiger partial charge in [-0.05, 0) is 37.7 Å². The molecular weight excluding hydrogens is 310 g/mol. The lowest BCUT2D eigenvalue weighted by molar-refractivity contribution is 0.589. The zero-order valence-electron chi connectivity index (χ0n) is 13.8. The maximum Gasteiger partial charge on any atom is 0.191 e. The van der Waals surface area contributed by atoms with E-state index in [0.29, 0.717) is 12.3 Å². The monoisotopic (exact) mass is 337 g/mol. The Morgan fingerprint density at radius 1 is 1.26 bits per heavy atom. The number of nitrogens with zero attached hydrogens (tertiary/aromatic N) is 1. The first-order valence-corrected chi connectivity index (χ1v) is 10.2. The molecule has 1 aliphatic heterocycles. The third-order valence-corrected chi connectivity index (χ3v) is 5.79. The minimum Gasteiger partial charge on any atom is -0.357 e. The van der Waals surface area contributed by atoms with Crippen molar-refractivity contribution < 1.29 is 8.42 Å². The highest BCUT2D eigenvalue weighted by Gasteiger charge is 2.27. The molecule has 0 spiro atoms. The molecule has 23 heavy (non-hydrogen) atoms. The van der Waals surface area contributed by atoms with E-state index in [4.69, 9.17) is 0 Å². The Kier molecular flexibility index (Phi) is 6.89. The van der Waals surface area contributed by atoms with E-state index in [2.05, 4.69) is 39.9 Å². The van der Waals surface area contributed by atoms with Gasteiger partial charge in [-0.1, -0.05) is 30.3 Å². The second-order valence-electron chi connectivity index (χ2n) is 6.00. The number of rotatable bonds is 7. The number of hydrogen-bond acceptors (Lipinski definition) is 3. The summed E-state index contributed by atoms with van der Waals surface area (Å²) in [5.41, 5.74) is 1.34. The van der Waals surface area contributed by atoms with E-state index in [0.717, 1.165) is 38.3 Å². The second kappa shape index (κ2) is 8.91. The molecule has 0 aliphatic carbocycles. The number of nitrogens with one attached hydrogen (secondary N) is 2. The van der Waals surface area contributed by atoms with Gasteiger partial charge in [0.2, 0.25) is 0 Å². The molecule has 1 aromatic rings. The van der Waals surface area contributed by atoms with Crippen molar-refractivity contribution >= 4 is 15.8 Å². The summed E-state index contributed by atoms with van der Waals surface area (Å²) in [4.78, 5) is 4.54. The van der Waals surface area contributed by atoms with Crippen LogP contribution in [0.3, 0.4) is 0 Å². The van der Waals surface area contributed by atoms with Crippen molar-refractivity contribution in [2.45, 2.75) is 26.2 Å². The van der Waals surface area contributed by atoms with Crippen LogP contribution in [0.2, 0.25) is 0 Å². The molecule has 1 unspecified atom stereocenters. The molecule has 0 aromatic heterocycles. The van der Waals surface area contributed by atoms with Crippen LogP contribution in [-0.4, -0.2) is 45.5 Å². The molecule has 2 rings (SSSR count). The molecule has 0 bridgehead atoms. The van der Waals surface area contributed by atoms with Crippen LogP contribution in [0.1, 0.15) is 25.3 Å². The smallest absolute Gasteiger partial charge is 0.191 e. The van der Waals surface area contributed by atoms with E-state index < -0.39 is 9.84 Å². The van der Waals surface area contributed by atoms with Gasteiger partial charge in [0.1, 0.15) is 0 Å². The molecule has 0 saturated carbocycles. The van der Waals surface area contributed by atoms with Crippen molar-refractivity contribution in [2.24, 2.45) is 10.9 Å². The topological polar surface area (TPSA) is 70.6 Å². The number of benzene rings is 1. The summed E-state index contributed by atoms with van der Waals surface area (Å²) in [6.45, 7) is 4.26. The Morgan fingerprint density at radius 3 is 2.70 bits per heavy atom. The van der Waals surface area contributed by atoms with Crippen LogP contribution in [0.15, 0.2) is 35.3 Å². The number of aryl methyl sites for hydroxylation is 1. The summed E-state index contributed by atoms with van der Waals surface area (Å²) in [6, 6.07) is 10.4. The fourth-order valence-corrected chi connectivity index (χ4v) is 4.57. The van der Waals surface area contributed by atoms with E-state index in [1.807, 2.05) is 13.0 Å². The highest BCUT2D eigenvalue weighted by Crippen LogP contribution is 2.18. The van der Waals surface area contributed by atoms with Gasteiger partial charge in [0.15, 0.2) is 15.8 Å². The van der Waals surface area contributed by atoms with Crippen molar-refractivity contribution in [1.82, 2.24) is 10.6 Å². The molecule has 0 radical (unpaired) electrons. The average Bonchev–Trinajstić information content (AvgIpc) is 2.89. The van der Waals surface area contributed by atoms with Crippen LogP contribution >= 0.6 is 0 Å². The maximum atomic E-state index is 11.5. The number of guanidine groups is 1. The Morgan fingerprint density at radius 2 is 2.04 bits per heavy atom. The first kappa shape index (κ1) is 17.8. The minimum atomic E-state index is -2.82. The molecule has 1 heterocycles. The standard InChI is InChI=1S/C17H27N3O2S/c1-2-18-17(20-13-16-10-12-23(21,22)14-16)19-11-6-9-15-7-4-3-5-8-15/h3-5,7-8,16H,2,6,9-14H2,1H3,(H2,18,19,20). The molecule has 1 atom stereocenters. The van der Waals surface area contributed by atoms with Crippen LogP contribution in [0.4, 0.5) is 0 Å². The van der Waals surface area contributed by atoms with Crippen LogP contribution in [0.5, 0.6) is 0 Å².